The molecule has 1 heterocycles. The van der Waals surface area contributed by atoms with Crippen molar-refractivity contribution in [3.8, 4) is 0 Å². The van der Waals surface area contributed by atoms with Gasteiger partial charge in [0.25, 0.3) is 0 Å². The van der Waals surface area contributed by atoms with Gasteiger partial charge in [-0.3, -0.25) is 0 Å². The van der Waals surface area contributed by atoms with Gasteiger partial charge >= 0.3 is 0 Å². The van der Waals surface area contributed by atoms with Crippen molar-refractivity contribution in [2.24, 2.45) is 0 Å². The van der Waals surface area contributed by atoms with Crippen LogP contribution >= 0.6 is 0 Å². The van der Waals surface area contributed by atoms with Crippen LogP contribution in [0.15, 0.2) is 42.5 Å². The van der Waals surface area contributed by atoms with E-state index in [0.29, 0.717) is 6.04 Å². The quantitative estimate of drug-likeness (QED) is 0.789. The van der Waals surface area contributed by atoms with Crippen LogP contribution in [0.5, 0.6) is 0 Å². The zero-order valence-corrected chi connectivity index (χ0v) is 12.1. The average Bonchev–Trinajstić information content (AvgIpc) is 2.45. The first kappa shape index (κ1) is 14.3. The molecule has 1 saturated heterocycles. The van der Waals surface area contributed by atoms with E-state index in [1.165, 1.54) is 50.0 Å². The zero-order chi connectivity index (χ0) is 13.5. The zero-order valence-electron chi connectivity index (χ0n) is 12.1. The van der Waals surface area contributed by atoms with Gasteiger partial charge < -0.3 is 10.2 Å². The Hall–Kier alpha value is -1.12. The number of rotatable bonds is 6. The van der Waals surface area contributed by atoms with E-state index in [2.05, 4.69) is 54.1 Å². The van der Waals surface area contributed by atoms with Crippen LogP contribution in [0.25, 0.3) is 0 Å². The highest BCUT2D eigenvalue weighted by Crippen LogP contribution is 2.11. The van der Waals surface area contributed by atoms with Crippen LogP contribution in [0.3, 0.4) is 0 Å². The highest BCUT2D eigenvalue weighted by molar-refractivity contribution is 5.14. The highest BCUT2D eigenvalue weighted by Gasteiger charge is 2.18. The molecule has 2 nitrogen and oxygen atoms in total. The molecule has 1 fully saturated rings. The fraction of sp³-hybridized carbons (Fsp3) is 0.529. The van der Waals surface area contributed by atoms with Crippen molar-refractivity contribution in [2.45, 2.75) is 32.2 Å². The summed E-state index contributed by atoms with van der Waals surface area (Å²) in [7, 11) is 0. The van der Waals surface area contributed by atoms with E-state index in [4.69, 9.17) is 0 Å². The van der Waals surface area contributed by atoms with Crippen LogP contribution in [0.4, 0.5) is 0 Å². The summed E-state index contributed by atoms with van der Waals surface area (Å²) in [5.41, 5.74) is 2.68. The van der Waals surface area contributed by atoms with E-state index in [1.54, 1.807) is 0 Å². The minimum atomic E-state index is 0.685. The Bertz CT molecular complexity index is 378. The van der Waals surface area contributed by atoms with E-state index in [9.17, 15) is 0 Å². The first-order valence-electron chi connectivity index (χ1n) is 7.38. The topological polar surface area (TPSA) is 15.3 Å². The van der Waals surface area contributed by atoms with Crippen molar-refractivity contribution in [3.63, 3.8) is 0 Å². The number of likely N-dealkylation sites (tertiary alicyclic amines) is 1. The number of nitrogens with zero attached hydrogens (tertiary/aromatic N) is 1. The normalized spacial score (nSPS) is 17.5. The van der Waals surface area contributed by atoms with Gasteiger partial charge in [-0.05, 0) is 44.8 Å². The molecule has 0 aliphatic carbocycles. The Balaban J connectivity index is 1.65. The lowest BCUT2D eigenvalue weighted by molar-refractivity contribution is 0.201. The summed E-state index contributed by atoms with van der Waals surface area (Å²) in [4.78, 5) is 2.59. The monoisotopic (exact) mass is 258 g/mol. The second kappa shape index (κ2) is 7.46. The molecule has 1 aromatic rings. The molecule has 19 heavy (non-hydrogen) atoms. The fourth-order valence-electron chi connectivity index (χ4n) is 2.61. The van der Waals surface area contributed by atoms with E-state index in [0.717, 1.165) is 6.54 Å². The molecule has 0 spiro atoms. The van der Waals surface area contributed by atoms with Gasteiger partial charge in [-0.2, -0.15) is 0 Å². The first-order valence-corrected chi connectivity index (χ1v) is 7.38. The molecule has 1 aliphatic heterocycles. The molecule has 0 aromatic heterocycles. The van der Waals surface area contributed by atoms with Gasteiger partial charge in [-0.1, -0.05) is 42.5 Å². The molecular weight excluding hydrogens is 232 g/mol. The summed E-state index contributed by atoms with van der Waals surface area (Å²) < 4.78 is 0. The summed E-state index contributed by atoms with van der Waals surface area (Å²) in [5, 5.41) is 3.59. The van der Waals surface area contributed by atoms with Crippen LogP contribution in [0.1, 0.15) is 25.3 Å². The van der Waals surface area contributed by atoms with Crippen molar-refractivity contribution >= 4 is 0 Å². The van der Waals surface area contributed by atoms with E-state index in [-0.39, 0.29) is 0 Å². The molecule has 1 N–H and O–H groups in total. The number of nitrogens with one attached hydrogen (secondary N) is 1. The first-order chi connectivity index (χ1) is 9.24. The van der Waals surface area contributed by atoms with Gasteiger partial charge in [-0.25, -0.2) is 0 Å². The SMILES string of the molecule is C=C(C)CNC1CCN(CCc2ccccc2)CC1. The molecule has 0 saturated carbocycles. The van der Waals surface area contributed by atoms with Gasteiger partial charge in [0.1, 0.15) is 0 Å². The predicted octanol–water partition coefficient (Wildman–Crippen LogP) is 2.86. The lowest BCUT2D eigenvalue weighted by Gasteiger charge is -2.32. The summed E-state index contributed by atoms with van der Waals surface area (Å²) in [6, 6.07) is 11.5. The minimum Gasteiger partial charge on any atom is -0.310 e. The van der Waals surface area contributed by atoms with Crippen LogP contribution in [0.2, 0.25) is 0 Å². The average molecular weight is 258 g/mol. The van der Waals surface area contributed by atoms with Crippen molar-refractivity contribution in [1.82, 2.24) is 10.2 Å². The standard InChI is InChI=1S/C17H26N2/c1-15(2)14-18-17-9-12-19(13-10-17)11-8-16-6-4-3-5-7-16/h3-7,17-18H,1,8-14H2,2H3. The second-order valence-electron chi connectivity index (χ2n) is 5.69. The maximum atomic E-state index is 3.94. The molecule has 0 unspecified atom stereocenters. The summed E-state index contributed by atoms with van der Waals surface area (Å²) in [6.45, 7) is 10.6. The molecule has 104 valence electrons. The number of benzene rings is 1. The molecule has 2 heteroatoms. The fourth-order valence-corrected chi connectivity index (χ4v) is 2.61. The maximum absolute atomic E-state index is 3.94. The van der Waals surface area contributed by atoms with Crippen LogP contribution in [0, 0.1) is 0 Å². The number of piperidine rings is 1. The summed E-state index contributed by atoms with van der Waals surface area (Å²) in [5.74, 6) is 0. The van der Waals surface area contributed by atoms with Gasteiger partial charge in [-0.15, -0.1) is 0 Å². The lowest BCUT2D eigenvalue weighted by atomic mass is 10.0. The van der Waals surface area contributed by atoms with Crippen LogP contribution < -0.4 is 5.32 Å². The van der Waals surface area contributed by atoms with E-state index >= 15 is 0 Å². The van der Waals surface area contributed by atoms with Gasteiger partial charge in [0.15, 0.2) is 0 Å². The largest absolute Gasteiger partial charge is 0.310 e. The van der Waals surface area contributed by atoms with Crippen LogP contribution in [-0.4, -0.2) is 37.1 Å². The van der Waals surface area contributed by atoms with Crippen molar-refractivity contribution in [3.05, 3.63) is 48.0 Å². The molecule has 0 radical (unpaired) electrons. The Labute approximate surface area is 117 Å². The second-order valence-corrected chi connectivity index (χ2v) is 5.69. The molecule has 1 aromatic carbocycles. The van der Waals surface area contributed by atoms with E-state index < -0.39 is 0 Å². The lowest BCUT2D eigenvalue weighted by Crippen LogP contribution is -2.43. The Morgan fingerprint density at radius 3 is 2.58 bits per heavy atom. The summed E-state index contributed by atoms with van der Waals surface area (Å²) in [6.07, 6.45) is 3.70. The molecular formula is C17H26N2. The van der Waals surface area contributed by atoms with Gasteiger partial charge in [0, 0.05) is 19.1 Å². The van der Waals surface area contributed by atoms with Crippen molar-refractivity contribution in [1.29, 1.82) is 0 Å². The summed E-state index contributed by atoms with van der Waals surface area (Å²) >= 11 is 0. The smallest absolute Gasteiger partial charge is 0.0161 e. The molecule has 0 amide bonds. The Morgan fingerprint density at radius 1 is 1.26 bits per heavy atom. The Kier molecular flexibility index (Phi) is 5.62. The van der Waals surface area contributed by atoms with Crippen molar-refractivity contribution < 1.29 is 0 Å². The number of hydrogen-bond acceptors (Lipinski definition) is 2. The minimum absolute atomic E-state index is 0.685. The third kappa shape index (κ3) is 5.17. The van der Waals surface area contributed by atoms with Crippen LogP contribution in [-0.2, 0) is 6.42 Å². The highest BCUT2D eigenvalue weighted by atomic mass is 15.1. The van der Waals surface area contributed by atoms with E-state index in [1.807, 2.05) is 0 Å². The molecule has 0 atom stereocenters. The Morgan fingerprint density at radius 2 is 1.95 bits per heavy atom. The number of hydrogen-bond donors (Lipinski definition) is 1. The third-order valence-corrected chi connectivity index (χ3v) is 3.84. The molecule has 0 bridgehead atoms. The molecule has 2 rings (SSSR count). The maximum Gasteiger partial charge on any atom is 0.0161 e. The third-order valence-electron chi connectivity index (χ3n) is 3.84. The van der Waals surface area contributed by atoms with Gasteiger partial charge in [0.2, 0.25) is 0 Å². The van der Waals surface area contributed by atoms with Crippen molar-refractivity contribution in [2.75, 3.05) is 26.2 Å². The molecule has 1 aliphatic rings. The predicted molar refractivity (Wildman–Crippen MR) is 82.4 cm³/mol. The van der Waals surface area contributed by atoms with Gasteiger partial charge in [0.05, 0.1) is 0 Å².